The van der Waals surface area contributed by atoms with Gasteiger partial charge in [0.15, 0.2) is 0 Å². The van der Waals surface area contributed by atoms with Crippen LogP contribution in [0.15, 0.2) is 73.2 Å². The van der Waals surface area contributed by atoms with E-state index in [0.29, 0.717) is 5.56 Å². The first kappa shape index (κ1) is 18.6. The van der Waals surface area contributed by atoms with Crippen molar-refractivity contribution in [3.63, 3.8) is 0 Å². The Bertz CT molecular complexity index is 1160. The maximum atomic E-state index is 13.2. The summed E-state index contributed by atoms with van der Waals surface area (Å²) in [6, 6.07) is 18.9. The molecular weight excluding hydrogens is 374 g/mol. The average Bonchev–Trinajstić information content (AvgIpc) is 3.43. The maximum Gasteiger partial charge on any atom is 0.259 e. The molecule has 3 heterocycles. The quantitative estimate of drug-likeness (QED) is 0.529. The van der Waals surface area contributed by atoms with E-state index in [1.54, 1.807) is 10.9 Å². The molecule has 0 unspecified atom stereocenters. The van der Waals surface area contributed by atoms with E-state index < -0.39 is 0 Å². The summed E-state index contributed by atoms with van der Waals surface area (Å²) in [6.07, 6.45) is 5.56. The van der Waals surface area contributed by atoms with Crippen molar-refractivity contribution in [3.05, 3.63) is 84.3 Å². The number of fused-ring (bicyclic) bond motifs is 1. The first-order valence-electron chi connectivity index (χ1n) is 10.3. The minimum Gasteiger partial charge on any atom is -0.336 e. The third-order valence-electron chi connectivity index (χ3n) is 5.92. The summed E-state index contributed by atoms with van der Waals surface area (Å²) in [5.74, 6) is 0.861. The van der Waals surface area contributed by atoms with Crippen LogP contribution in [0, 0.1) is 0 Å². The molecule has 0 aliphatic carbocycles. The van der Waals surface area contributed by atoms with Gasteiger partial charge in [0.1, 0.15) is 11.4 Å². The van der Waals surface area contributed by atoms with Crippen LogP contribution in [0.1, 0.15) is 15.9 Å². The number of carbonyl (C=O) groups is 1. The van der Waals surface area contributed by atoms with E-state index in [0.717, 1.165) is 38.5 Å². The molecule has 0 N–H and O–H groups in total. The SMILES string of the molecule is Cn1ncc(C(=O)N2CCN(Cc3cccc4ccccc34)CC2)c1-n1cccc1. The Labute approximate surface area is 175 Å². The van der Waals surface area contributed by atoms with E-state index >= 15 is 0 Å². The van der Waals surface area contributed by atoms with Gasteiger partial charge in [-0.05, 0) is 28.5 Å². The predicted molar refractivity (Wildman–Crippen MR) is 118 cm³/mol. The Kier molecular flexibility index (Phi) is 4.85. The van der Waals surface area contributed by atoms with Gasteiger partial charge < -0.3 is 9.47 Å². The molecule has 4 aromatic rings. The largest absolute Gasteiger partial charge is 0.336 e. The fourth-order valence-corrected chi connectivity index (χ4v) is 4.31. The van der Waals surface area contributed by atoms with Crippen molar-refractivity contribution >= 4 is 16.7 Å². The topological polar surface area (TPSA) is 46.3 Å². The van der Waals surface area contributed by atoms with Crippen molar-refractivity contribution in [1.29, 1.82) is 0 Å². The van der Waals surface area contributed by atoms with E-state index in [9.17, 15) is 4.79 Å². The van der Waals surface area contributed by atoms with Gasteiger partial charge in [-0.2, -0.15) is 5.10 Å². The summed E-state index contributed by atoms with van der Waals surface area (Å²) in [7, 11) is 1.87. The van der Waals surface area contributed by atoms with Gasteiger partial charge in [0.2, 0.25) is 0 Å². The van der Waals surface area contributed by atoms with Crippen molar-refractivity contribution in [1.82, 2.24) is 24.1 Å². The van der Waals surface area contributed by atoms with Gasteiger partial charge in [0.25, 0.3) is 5.91 Å². The lowest BCUT2D eigenvalue weighted by molar-refractivity contribution is 0.0629. The summed E-state index contributed by atoms with van der Waals surface area (Å²) in [5.41, 5.74) is 1.99. The van der Waals surface area contributed by atoms with E-state index in [1.165, 1.54) is 16.3 Å². The first-order valence-corrected chi connectivity index (χ1v) is 10.3. The fourth-order valence-electron chi connectivity index (χ4n) is 4.31. The number of nitrogens with zero attached hydrogens (tertiary/aromatic N) is 5. The van der Waals surface area contributed by atoms with Gasteiger partial charge in [-0.15, -0.1) is 0 Å². The van der Waals surface area contributed by atoms with Crippen molar-refractivity contribution < 1.29 is 4.79 Å². The Morgan fingerprint density at radius 3 is 2.47 bits per heavy atom. The monoisotopic (exact) mass is 399 g/mol. The molecule has 1 saturated heterocycles. The van der Waals surface area contributed by atoms with Gasteiger partial charge in [0.05, 0.1) is 6.20 Å². The van der Waals surface area contributed by atoms with Gasteiger partial charge in [-0.25, -0.2) is 0 Å². The number of aryl methyl sites for hydroxylation is 1. The van der Waals surface area contributed by atoms with Crippen LogP contribution in [-0.2, 0) is 13.6 Å². The van der Waals surface area contributed by atoms with Crippen molar-refractivity contribution in [2.45, 2.75) is 6.54 Å². The number of carbonyl (C=O) groups excluding carboxylic acids is 1. The van der Waals surface area contributed by atoms with E-state index in [2.05, 4.69) is 52.5 Å². The molecule has 0 radical (unpaired) electrons. The summed E-state index contributed by atoms with van der Waals surface area (Å²) < 4.78 is 3.70. The third-order valence-corrected chi connectivity index (χ3v) is 5.92. The zero-order chi connectivity index (χ0) is 20.5. The molecule has 6 heteroatoms. The van der Waals surface area contributed by atoms with Crippen molar-refractivity contribution in [2.75, 3.05) is 26.2 Å². The van der Waals surface area contributed by atoms with E-state index in [1.807, 2.05) is 41.0 Å². The molecule has 152 valence electrons. The van der Waals surface area contributed by atoms with Crippen LogP contribution in [0.5, 0.6) is 0 Å². The van der Waals surface area contributed by atoms with Gasteiger partial charge in [-0.1, -0.05) is 42.5 Å². The maximum absolute atomic E-state index is 13.2. The molecule has 2 aromatic carbocycles. The molecular formula is C24H25N5O. The molecule has 1 fully saturated rings. The van der Waals surface area contributed by atoms with Crippen LogP contribution in [0.3, 0.4) is 0 Å². The van der Waals surface area contributed by atoms with Crippen LogP contribution in [0.2, 0.25) is 0 Å². The van der Waals surface area contributed by atoms with E-state index in [4.69, 9.17) is 0 Å². The lowest BCUT2D eigenvalue weighted by atomic mass is 10.0. The van der Waals surface area contributed by atoms with Crippen LogP contribution in [0.25, 0.3) is 16.6 Å². The molecule has 0 saturated carbocycles. The summed E-state index contributed by atoms with van der Waals surface area (Å²) >= 11 is 0. The number of hydrogen-bond acceptors (Lipinski definition) is 3. The molecule has 5 rings (SSSR count). The number of hydrogen-bond donors (Lipinski definition) is 0. The summed E-state index contributed by atoms with van der Waals surface area (Å²) in [6.45, 7) is 4.10. The molecule has 0 spiro atoms. The zero-order valence-electron chi connectivity index (χ0n) is 17.1. The van der Waals surface area contributed by atoms with Gasteiger partial charge in [-0.3, -0.25) is 14.4 Å². The molecule has 1 amide bonds. The highest BCUT2D eigenvalue weighted by atomic mass is 16.2. The second-order valence-corrected chi connectivity index (χ2v) is 7.80. The molecule has 1 aliphatic heterocycles. The number of piperazine rings is 1. The Balaban J connectivity index is 1.28. The lowest BCUT2D eigenvalue weighted by Gasteiger charge is -2.35. The Morgan fingerprint density at radius 1 is 0.933 bits per heavy atom. The highest BCUT2D eigenvalue weighted by molar-refractivity contribution is 5.97. The molecule has 0 atom stereocenters. The molecule has 1 aliphatic rings. The zero-order valence-corrected chi connectivity index (χ0v) is 17.1. The Morgan fingerprint density at radius 2 is 1.67 bits per heavy atom. The number of aromatic nitrogens is 3. The van der Waals surface area contributed by atoms with Crippen molar-refractivity contribution in [2.24, 2.45) is 7.05 Å². The lowest BCUT2D eigenvalue weighted by Crippen LogP contribution is -2.48. The molecule has 6 nitrogen and oxygen atoms in total. The highest BCUT2D eigenvalue weighted by Gasteiger charge is 2.26. The summed E-state index contributed by atoms with van der Waals surface area (Å²) in [5, 5.41) is 6.91. The molecule has 0 bridgehead atoms. The highest BCUT2D eigenvalue weighted by Crippen LogP contribution is 2.22. The minimum atomic E-state index is 0.0524. The second-order valence-electron chi connectivity index (χ2n) is 7.80. The second kappa shape index (κ2) is 7.80. The third kappa shape index (κ3) is 3.39. The average molecular weight is 399 g/mol. The number of amides is 1. The minimum absolute atomic E-state index is 0.0524. The smallest absolute Gasteiger partial charge is 0.259 e. The van der Waals surface area contributed by atoms with Crippen LogP contribution >= 0.6 is 0 Å². The van der Waals surface area contributed by atoms with Crippen LogP contribution in [0.4, 0.5) is 0 Å². The van der Waals surface area contributed by atoms with Crippen LogP contribution in [-0.4, -0.2) is 56.2 Å². The van der Waals surface area contributed by atoms with Crippen molar-refractivity contribution in [3.8, 4) is 5.82 Å². The molecule has 2 aromatic heterocycles. The van der Waals surface area contributed by atoms with Crippen LogP contribution < -0.4 is 0 Å². The normalized spacial score (nSPS) is 15.0. The summed E-state index contributed by atoms with van der Waals surface area (Å²) in [4.78, 5) is 17.6. The number of benzene rings is 2. The van der Waals surface area contributed by atoms with Gasteiger partial charge >= 0.3 is 0 Å². The van der Waals surface area contributed by atoms with Gasteiger partial charge in [0, 0.05) is 52.2 Å². The predicted octanol–water partition coefficient (Wildman–Crippen LogP) is 3.32. The van der Waals surface area contributed by atoms with E-state index in [-0.39, 0.29) is 5.91 Å². The Hall–Kier alpha value is -3.38. The molecule has 30 heavy (non-hydrogen) atoms. The number of rotatable bonds is 4. The fraction of sp³-hybridized carbons (Fsp3) is 0.250. The first-order chi connectivity index (χ1) is 14.7. The standard InChI is InChI=1S/C24H25N5O/c1-26-23(28-11-4-5-12-28)22(17-25-26)24(30)29-15-13-27(14-16-29)18-20-9-6-8-19-7-2-3-10-21(19)20/h2-12,17H,13-16,18H2,1H3.